The highest BCUT2D eigenvalue weighted by Crippen LogP contribution is 2.32. The summed E-state index contributed by atoms with van der Waals surface area (Å²) < 4.78 is 2.02. The molecule has 1 N–H and O–H groups in total. The van der Waals surface area contributed by atoms with Crippen LogP contribution in [0, 0.1) is 12.8 Å². The predicted molar refractivity (Wildman–Crippen MR) is 102 cm³/mol. The number of aromatic nitrogens is 2. The van der Waals surface area contributed by atoms with E-state index in [1.54, 1.807) is 12.5 Å². The topological polar surface area (TPSA) is 50.2 Å². The molecule has 1 aliphatic carbocycles. The van der Waals surface area contributed by atoms with E-state index in [-0.39, 0.29) is 5.91 Å². The van der Waals surface area contributed by atoms with Crippen molar-refractivity contribution in [2.45, 2.75) is 44.7 Å². The first-order valence-corrected chi connectivity index (χ1v) is 9.70. The second-order valence-electron chi connectivity index (χ2n) is 7.95. The van der Waals surface area contributed by atoms with Gasteiger partial charge in [0.05, 0.1) is 6.33 Å². The van der Waals surface area contributed by atoms with Crippen LogP contribution in [-0.2, 0) is 16.9 Å². The average Bonchev–Trinajstić information content (AvgIpc) is 3.32. The molecule has 1 saturated carbocycles. The van der Waals surface area contributed by atoms with E-state index in [9.17, 15) is 4.79 Å². The smallest absolute Gasteiger partial charge is 0.247 e. The number of benzene rings is 1. The molecule has 5 nitrogen and oxygen atoms in total. The molecule has 1 aromatic heterocycles. The largest absolute Gasteiger partial charge is 0.354 e. The molecule has 138 valence electrons. The zero-order chi connectivity index (χ0) is 18.0. The summed E-state index contributed by atoms with van der Waals surface area (Å²) in [7, 11) is 0. The van der Waals surface area contributed by atoms with Crippen molar-refractivity contribution in [2.75, 3.05) is 19.6 Å². The van der Waals surface area contributed by atoms with Crippen molar-refractivity contribution >= 4 is 5.91 Å². The number of nitrogens with zero attached hydrogens (tertiary/aromatic N) is 3. The SMILES string of the molecule is Cc1ccc(CN2CCCC(C(=O)NCC3CC3)(n3ccnc3)C2)cc1. The van der Waals surface area contributed by atoms with Crippen LogP contribution in [0.2, 0.25) is 0 Å². The van der Waals surface area contributed by atoms with Crippen LogP contribution < -0.4 is 5.32 Å². The summed E-state index contributed by atoms with van der Waals surface area (Å²) in [5, 5.41) is 3.22. The van der Waals surface area contributed by atoms with Gasteiger partial charge in [0, 0.05) is 32.0 Å². The van der Waals surface area contributed by atoms with E-state index >= 15 is 0 Å². The molecule has 2 fully saturated rings. The molecule has 5 heteroatoms. The lowest BCUT2D eigenvalue weighted by molar-refractivity contribution is -0.133. The summed E-state index contributed by atoms with van der Waals surface area (Å²) in [6, 6.07) is 8.70. The molecule has 1 amide bonds. The maximum absolute atomic E-state index is 13.2. The van der Waals surface area contributed by atoms with Crippen LogP contribution in [0.5, 0.6) is 0 Å². The van der Waals surface area contributed by atoms with Gasteiger partial charge in [0.2, 0.25) is 5.91 Å². The van der Waals surface area contributed by atoms with Crippen LogP contribution in [0.15, 0.2) is 43.0 Å². The van der Waals surface area contributed by atoms with Gasteiger partial charge in [-0.2, -0.15) is 0 Å². The maximum Gasteiger partial charge on any atom is 0.247 e. The number of rotatable bonds is 6. The van der Waals surface area contributed by atoms with Crippen molar-refractivity contribution < 1.29 is 4.79 Å². The van der Waals surface area contributed by atoms with Gasteiger partial charge < -0.3 is 9.88 Å². The van der Waals surface area contributed by atoms with Gasteiger partial charge in [-0.05, 0) is 50.6 Å². The second-order valence-corrected chi connectivity index (χ2v) is 7.95. The maximum atomic E-state index is 13.2. The standard InChI is InChI=1S/C21H28N4O/c1-17-3-5-19(6-4-17)14-24-11-2-9-21(15-24,25-12-10-22-16-25)20(26)23-13-18-7-8-18/h3-6,10,12,16,18H,2,7-9,11,13-15H2,1H3,(H,23,26). The molecule has 1 atom stereocenters. The third-order valence-electron chi connectivity index (χ3n) is 5.75. The van der Waals surface area contributed by atoms with Gasteiger partial charge in [-0.3, -0.25) is 9.69 Å². The van der Waals surface area contributed by atoms with E-state index in [2.05, 4.69) is 46.4 Å². The van der Waals surface area contributed by atoms with Gasteiger partial charge in [-0.25, -0.2) is 4.98 Å². The molecular formula is C21H28N4O. The Hall–Kier alpha value is -2.14. The van der Waals surface area contributed by atoms with Gasteiger partial charge in [-0.15, -0.1) is 0 Å². The molecule has 2 heterocycles. The Labute approximate surface area is 155 Å². The van der Waals surface area contributed by atoms with Crippen LogP contribution in [0.1, 0.15) is 36.8 Å². The van der Waals surface area contributed by atoms with Gasteiger partial charge in [0.1, 0.15) is 5.54 Å². The van der Waals surface area contributed by atoms with E-state index in [1.807, 2.05) is 10.8 Å². The highest BCUT2D eigenvalue weighted by Gasteiger charge is 2.44. The minimum Gasteiger partial charge on any atom is -0.354 e. The Balaban J connectivity index is 1.52. The van der Waals surface area contributed by atoms with E-state index < -0.39 is 5.54 Å². The fourth-order valence-corrected chi connectivity index (χ4v) is 3.96. The highest BCUT2D eigenvalue weighted by atomic mass is 16.2. The minimum absolute atomic E-state index is 0.149. The summed E-state index contributed by atoms with van der Waals surface area (Å²) in [5.41, 5.74) is 2.03. The lowest BCUT2D eigenvalue weighted by Crippen LogP contribution is -2.58. The summed E-state index contributed by atoms with van der Waals surface area (Å²) in [4.78, 5) is 19.8. The van der Waals surface area contributed by atoms with E-state index in [0.717, 1.165) is 39.0 Å². The van der Waals surface area contributed by atoms with Crippen LogP contribution in [-0.4, -0.2) is 40.0 Å². The summed E-state index contributed by atoms with van der Waals surface area (Å²) in [5.74, 6) is 0.835. The molecule has 26 heavy (non-hydrogen) atoms. The Morgan fingerprint density at radius 3 is 2.81 bits per heavy atom. The Bertz CT molecular complexity index is 736. The molecule has 0 radical (unpaired) electrons. The number of carbonyl (C=O) groups is 1. The summed E-state index contributed by atoms with van der Waals surface area (Å²) in [6.45, 7) is 5.56. The molecule has 1 aromatic carbocycles. The first-order chi connectivity index (χ1) is 12.7. The number of piperidine rings is 1. The third-order valence-corrected chi connectivity index (χ3v) is 5.75. The zero-order valence-corrected chi connectivity index (χ0v) is 15.5. The van der Waals surface area contributed by atoms with Gasteiger partial charge in [0.25, 0.3) is 0 Å². The zero-order valence-electron chi connectivity index (χ0n) is 15.5. The quantitative estimate of drug-likeness (QED) is 0.870. The van der Waals surface area contributed by atoms with Crippen molar-refractivity contribution in [2.24, 2.45) is 5.92 Å². The van der Waals surface area contributed by atoms with E-state index in [4.69, 9.17) is 0 Å². The van der Waals surface area contributed by atoms with Crippen molar-refractivity contribution in [3.05, 3.63) is 54.1 Å². The predicted octanol–water partition coefficient (Wildman–Crippen LogP) is 2.71. The van der Waals surface area contributed by atoms with Crippen LogP contribution in [0.3, 0.4) is 0 Å². The lowest BCUT2D eigenvalue weighted by Gasteiger charge is -2.42. The van der Waals surface area contributed by atoms with E-state index in [0.29, 0.717) is 5.92 Å². The molecule has 1 saturated heterocycles. The Kier molecular flexibility index (Phi) is 4.81. The molecule has 2 aliphatic rings. The number of likely N-dealkylation sites (tertiary alicyclic amines) is 1. The van der Waals surface area contributed by atoms with Gasteiger partial charge in [0.15, 0.2) is 0 Å². The first kappa shape index (κ1) is 17.3. The monoisotopic (exact) mass is 352 g/mol. The van der Waals surface area contributed by atoms with Crippen LogP contribution >= 0.6 is 0 Å². The Morgan fingerprint density at radius 1 is 1.31 bits per heavy atom. The molecule has 0 bridgehead atoms. The lowest BCUT2D eigenvalue weighted by atomic mass is 9.87. The van der Waals surface area contributed by atoms with Crippen molar-refractivity contribution in [1.82, 2.24) is 19.8 Å². The van der Waals surface area contributed by atoms with Gasteiger partial charge >= 0.3 is 0 Å². The number of aryl methyl sites for hydroxylation is 1. The fourth-order valence-electron chi connectivity index (χ4n) is 3.96. The number of amides is 1. The third kappa shape index (κ3) is 3.68. The Morgan fingerprint density at radius 2 is 2.12 bits per heavy atom. The van der Waals surface area contributed by atoms with E-state index in [1.165, 1.54) is 24.0 Å². The van der Waals surface area contributed by atoms with Crippen LogP contribution in [0.4, 0.5) is 0 Å². The molecular weight excluding hydrogens is 324 g/mol. The minimum atomic E-state index is -0.547. The second kappa shape index (κ2) is 7.23. The summed E-state index contributed by atoms with van der Waals surface area (Å²) >= 11 is 0. The number of carbonyl (C=O) groups excluding carboxylic acids is 1. The van der Waals surface area contributed by atoms with Crippen molar-refractivity contribution in [1.29, 1.82) is 0 Å². The van der Waals surface area contributed by atoms with Crippen molar-refractivity contribution in [3.63, 3.8) is 0 Å². The average molecular weight is 352 g/mol. The molecule has 1 unspecified atom stereocenters. The molecule has 2 aromatic rings. The number of nitrogens with one attached hydrogen (secondary N) is 1. The fraction of sp³-hybridized carbons (Fsp3) is 0.524. The van der Waals surface area contributed by atoms with Gasteiger partial charge in [-0.1, -0.05) is 29.8 Å². The number of hydrogen-bond acceptors (Lipinski definition) is 3. The number of imidazole rings is 1. The molecule has 0 spiro atoms. The molecule has 1 aliphatic heterocycles. The number of hydrogen-bond donors (Lipinski definition) is 1. The molecule has 4 rings (SSSR count). The highest BCUT2D eigenvalue weighted by molar-refractivity contribution is 5.85. The van der Waals surface area contributed by atoms with Crippen molar-refractivity contribution in [3.8, 4) is 0 Å². The van der Waals surface area contributed by atoms with Crippen LogP contribution in [0.25, 0.3) is 0 Å². The first-order valence-electron chi connectivity index (χ1n) is 9.70. The normalized spacial score (nSPS) is 23.7. The summed E-state index contributed by atoms with van der Waals surface area (Å²) in [6.07, 6.45) is 9.88.